The molecular formula is C12H19NO4S2. The quantitative estimate of drug-likeness (QED) is 0.874. The van der Waals surface area contributed by atoms with E-state index in [9.17, 15) is 18.3 Å². The molecule has 0 saturated heterocycles. The van der Waals surface area contributed by atoms with Crippen LogP contribution in [0, 0.1) is 13.8 Å². The third kappa shape index (κ3) is 2.98. The van der Waals surface area contributed by atoms with Crippen LogP contribution in [0.15, 0.2) is 10.3 Å². The van der Waals surface area contributed by atoms with Crippen LogP contribution in [0.3, 0.4) is 0 Å². The van der Waals surface area contributed by atoms with Crippen LogP contribution in [0.4, 0.5) is 0 Å². The van der Waals surface area contributed by atoms with Gasteiger partial charge < -0.3 is 5.11 Å². The predicted octanol–water partition coefficient (Wildman–Crippen LogP) is 2.24. The molecule has 0 amide bonds. The first-order valence-corrected chi connectivity index (χ1v) is 8.38. The van der Waals surface area contributed by atoms with Gasteiger partial charge in [0.2, 0.25) is 10.0 Å². The number of aliphatic carboxylic acids is 1. The lowest BCUT2D eigenvalue weighted by molar-refractivity contribution is -0.141. The van der Waals surface area contributed by atoms with Crippen LogP contribution < -0.4 is 0 Å². The van der Waals surface area contributed by atoms with Gasteiger partial charge in [0, 0.05) is 11.4 Å². The molecule has 0 bridgehead atoms. The zero-order chi connectivity index (χ0) is 14.8. The minimum absolute atomic E-state index is 0.141. The number of hydrogen-bond acceptors (Lipinski definition) is 4. The third-order valence-electron chi connectivity index (χ3n) is 2.99. The predicted molar refractivity (Wildman–Crippen MR) is 75.1 cm³/mol. The highest BCUT2D eigenvalue weighted by molar-refractivity contribution is 7.89. The van der Waals surface area contributed by atoms with Crippen LogP contribution in [0.2, 0.25) is 0 Å². The lowest BCUT2D eigenvalue weighted by Crippen LogP contribution is -2.44. The molecule has 1 heterocycles. The van der Waals surface area contributed by atoms with Crippen molar-refractivity contribution in [2.45, 2.75) is 45.1 Å². The van der Waals surface area contributed by atoms with E-state index < -0.39 is 22.0 Å². The molecule has 19 heavy (non-hydrogen) atoms. The molecule has 0 saturated carbocycles. The summed E-state index contributed by atoms with van der Waals surface area (Å²) in [5.74, 6) is -1.11. The average molecular weight is 305 g/mol. The Hall–Kier alpha value is -0.920. The number of aryl methyl sites for hydroxylation is 2. The molecule has 108 valence electrons. The zero-order valence-corrected chi connectivity index (χ0v) is 13.1. The van der Waals surface area contributed by atoms with Gasteiger partial charge in [-0.15, -0.1) is 11.3 Å². The van der Waals surface area contributed by atoms with Gasteiger partial charge in [-0.3, -0.25) is 4.79 Å². The second kappa shape index (κ2) is 6.02. The highest BCUT2D eigenvalue weighted by Crippen LogP contribution is 2.30. The van der Waals surface area contributed by atoms with Crippen molar-refractivity contribution in [3.8, 4) is 0 Å². The van der Waals surface area contributed by atoms with Gasteiger partial charge in [0.15, 0.2) is 0 Å². The monoisotopic (exact) mass is 305 g/mol. The molecule has 0 aliphatic heterocycles. The number of thiophene rings is 1. The van der Waals surface area contributed by atoms with E-state index in [2.05, 4.69) is 0 Å². The third-order valence-corrected chi connectivity index (χ3v) is 6.42. The molecule has 1 aromatic rings. The number of nitrogens with zero attached hydrogens (tertiary/aromatic N) is 1. The van der Waals surface area contributed by atoms with Crippen LogP contribution in [-0.2, 0) is 14.8 Å². The van der Waals surface area contributed by atoms with Crippen LogP contribution in [0.25, 0.3) is 0 Å². The lowest BCUT2D eigenvalue weighted by Gasteiger charge is -2.26. The number of rotatable bonds is 6. The van der Waals surface area contributed by atoms with E-state index in [0.29, 0.717) is 10.4 Å². The van der Waals surface area contributed by atoms with E-state index in [4.69, 9.17) is 0 Å². The van der Waals surface area contributed by atoms with Gasteiger partial charge in [0.1, 0.15) is 6.04 Å². The van der Waals surface area contributed by atoms with Gasteiger partial charge in [-0.05, 0) is 31.2 Å². The first kappa shape index (κ1) is 16.1. The zero-order valence-electron chi connectivity index (χ0n) is 11.5. The van der Waals surface area contributed by atoms with Gasteiger partial charge >= 0.3 is 5.97 Å². The minimum Gasteiger partial charge on any atom is -0.480 e. The summed E-state index contributed by atoms with van der Waals surface area (Å²) in [6.07, 6.45) is 0.241. The smallest absolute Gasteiger partial charge is 0.322 e. The molecule has 0 fully saturated rings. The maximum absolute atomic E-state index is 12.6. The normalized spacial score (nSPS) is 13.7. The number of likely N-dealkylation sites (N-methyl/N-ethyl adjacent to an activating group) is 1. The molecule has 0 spiro atoms. The molecule has 1 atom stereocenters. The molecule has 1 unspecified atom stereocenters. The van der Waals surface area contributed by atoms with Crippen molar-refractivity contribution >= 4 is 27.3 Å². The largest absolute Gasteiger partial charge is 0.480 e. The van der Waals surface area contributed by atoms with E-state index in [1.165, 1.54) is 11.3 Å². The summed E-state index contributed by atoms with van der Waals surface area (Å²) in [7, 11) is -3.76. The van der Waals surface area contributed by atoms with Crippen molar-refractivity contribution in [3.63, 3.8) is 0 Å². The molecule has 1 N–H and O–H groups in total. The SMILES string of the molecule is CCC(C(=O)O)N(CC)S(=O)(=O)c1c(C)csc1C. The Kier molecular flexibility index (Phi) is 5.11. The Balaban J connectivity index is 3.35. The fraction of sp³-hybridized carbons (Fsp3) is 0.583. The Morgan fingerprint density at radius 3 is 2.32 bits per heavy atom. The molecule has 0 radical (unpaired) electrons. The van der Waals surface area contributed by atoms with Crippen LogP contribution in [-0.4, -0.2) is 36.4 Å². The van der Waals surface area contributed by atoms with Crippen LogP contribution in [0.1, 0.15) is 30.7 Å². The van der Waals surface area contributed by atoms with Crippen molar-refractivity contribution in [1.29, 1.82) is 0 Å². The first-order valence-electron chi connectivity index (χ1n) is 6.06. The minimum atomic E-state index is -3.76. The van der Waals surface area contributed by atoms with Crippen molar-refractivity contribution in [2.24, 2.45) is 0 Å². The molecule has 1 aromatic heterocycles. The van der Waals surface area contributed by atoms with E-state index in [1.807, 2.05) is 0 Å². The highest BCUT2D eigenvalue weighted by Gasteiger charge is 2.35. The van der Waals surface area contributed by atoms with Gasteiger partial charge in [-0.25, -0.2) is 8.42 Å². The standard InChI is InChI=1S/C12H19NO4S2/c1-5-10(12(14)15)13(6-2)19(16,17)11-8(3)7-18-9(11)4/h7,10H,5-6H2,1-4H3,(H,14,15). The van der Waals surface area contributed by atoms with Gasteiger partial charge in [0.05, 0.1) is 4.90 Å². The van der Waals surface area contributed by atoms with Crippen molar-refractivity contribution in [1.82, 2.24) is 4.31 Å². The highest BCUT2D eigenvalue weighted by atomic mass is 32.2. The summed E-state index contributed by atoms with van der Waals surface area (Å²) in [6.45, 7) is 6.93. The van der Waals surface area contributed by atoms with Crippen LogP contribution >= 0.6 is 11.3 Å². The molecule has 0 aliphatic rings. The van der Waals surface area contributed by atoms with Crippen molar-refractivity contribution in [3.05, 3.63) is 15.8 Å². The van der Waals surface area contributed by atoms with Crippen molar-refractivity contribution < 1.29 is 18.3 Å². The Bertz CT molecular complexity index is 543. The topological polar surface area (TPSA) is 74.7 Å². The number of hydrogen-bond donors (Lipinski definition) is 1. The maximum atomic E-state index is 12.6. The van der Waals surface area contributed by atoms with Gasteiger partial charge in [-0.1, -0.05) is 13.8 Å². The number of carboxylic acids is 1. The number of carbonyl (C=O) groups is 1. The number of carboxylic acid groups (broad SMARTS) is 1. The number of sulfonamides is 1. The fourth-order valence-electron chi connectivity index (χ4n) is 2.12. The molecular weight excluding hydrogens is 286 g/mol. The van der Waals surface area contributed by atoms with E-state index in [-0.39, 0.29) is 17.9 Å². The summed E-state index contributed by atoms with van der Waals surface area (Å²) in [5.41, 5.74) is 0.668. The second-order valence-electron chi connectivity index (χ2n) is 4.27. The molecule has 0 aliphatic carbocycles. The van der Waals surface area contributed by atoms with Gasteiger partial charge in [0.25, 0.3) is 0 Å². The molecule has 5 nitrogen and oxygen atoms in total. The Labute approximate surface area is 117 Å². The molecule has 7 heteroatoms. The fourth-order valence-corrected chi connectivity index (χ4v) is 5.38. The maximum Gasteiger partial charge on any atom is 0.322 e. The van der Waals surface area contributed by atoms with Crippen LogP contribution in [0.5, 0.6) is 0 Å². The summed E-state index contributed by atoms with van der Waals surface area (Å²) in [5, 5.41) is 10.9. The Morgan fingerprint density at radius 1 is 1.42 bits per heavy atom. The summed E-state index contributed by atoms with van der Waals surface area (Å²) in [4.78, 5) is 12.2. The summed E-state index contributed by atoms with van der Waals surface area (Å²) in [6, 6.07) is -1.02. The molecule has 0 aromatic carbocycles. The Morgan fingerprint density at radius 2 is 2.00 bits per heavy atom. The summed E-state index contributed by atoms with van der Waals surface area (Å²) < 4.78 is 26.3. The van der Waals surface area contributed by atoms with E-state index in [0.717, 1.165) is 4.31 Å². The lowest BCUT2D eigenvalue weighted by atomic mass is 10.2. The van der Waals surface area contributed by atoms with Gasteiger partial charge in [-0.2, -0.15) is 4.31 Å². The van der Waals surface area contributed by atoms with E-state index >= 15 is 0 Å². The molecule has 1 rings (SSSR count). The first-order chi connectivity index (χ1) is 8.77. The van der Waals surface area contributed by atoms with Crippen molar-refractivity contribution in [2.75, 3.05) is 6.54 Å². The van der Waals surface area contributed by atoms with E-state index in [1.54, 1.807) is 33.1 Å². The second-order valence-corrected chi connectivity index (χ2v) is 7.19. The average Bonchev–Trinajstić information content (AvgIpc) is 2.65. The summed E-state index contributed by atoms with van der Waals surface area (Å²) >= 11 is 1.36.